The van der Waals surface area contributed by atoms with E-state index in [1.54, 1.807) is 6.07 Å². The van der Waals surface area contributed by atoms with Crippen LogP contribution in [0.25, 0.3) is 0 Å². The molecule has 0 aliphatic rings. The molecule has 1 aromatic heterocycles. The Hall–Kier alpha value is -1.29. The molecule has 0 aliphatic carbocycles. The van der Waals surface area contributed by atoms with Crippen molar-refractivity contribution in [2.75, 3.05) is 11.5 Å². The quantitative estimate of drug-likeness (QED) is 0.497. The molecule has 1 aromatic rings. The van der Waals surface area contributed by atoms with Crippen molar-refractivity contribution in [2.45, 2.75) is 6.54 Å². The minimum Gasteiger partial charge on any atom is -0.397 e. The Balaban J connectivity index is 3.09. The van der Waals surface area contributed by atoms with Crippen LogP contribution in [0.15, 0.2) is 12.3 Å². The maximum atomic E-state index is 5.45. The summed E-state index contributed by atoms with van der Waals surface area (Å²) in [5.74, 6) is 0.455. The first-order valence-corrected chi connectivity index (χ1v) is 2.94. The van der Waals surface area contributed by atoms with Gasteiger partial charge in [0.05, 0.1) is 11.9 Å². The SMILES string of the molecule is NCc1cc(N)cnc1N. The summed E-state index contributed by atoms with van der Waals surface area (Å²) in [6.45, 7) is 0.379. The zero-order valence-corrected chi connectivity index (χ0v) is 5.54. The zero-order valence-electron chi connectivity index (χ0n) is 5.54. The van der Waals surface area contributed by atoms with E-state index < -0.39 is 0 Å². The van der Waals surface area contributed by atoms with E-state index in [0.29, 0.717) is 18.1 Å². The molecule has 1 rings (SSSR count). The molecule has 0 aliphatic heterocycles. The molecule has 0 bridgehead atoms. The van der Waals surface area contributed by atoms with Gasteiger partial charge in [0, 0.05) is 12.1 Å². The van der Waals surface area contributed by atoms with E-state index >= 15 is 0 Å². The summed E-state index contributed by atoms with van der Waals surface area (Å²) in [5, 5.41) is 0. The van der Waals surface area contributed by atoms with Gasteiger partial charge in [-0.2, -0.15) is 0 Å². The van der Waals surface area contributed by atoms with Crippen LogP contribution in [0.5, 0.6) is 0 Å². The van der Waals surface area contributed by atoms with Gasteiger partial charge in [0.15, 0.2) is 0 Å². The molecule has 10 heavy (non-hydrogen) atoms. The van der Waals surface area contributed by atoms with Crippen LogP contribution in [0.2, 0.25) is 0 Å². The second-order valence-corrected chi connectivity index (χ2v) is 2.02. The third-order valence-corrected chi connectivity index (χ3v) is 1.24. The van der Waals surface area contributed by atoms with Crippen LogP contribution in [-0.2, 0) is 6.54 Å². The molecule has 54 valence electrons. The highest BCUT2D eigenvalue weighted by Crippen LogP contribution is 2.10. The number of pyridine rings is 1. The van der Waals surface area contributed by atoms with Crippen LogP contribution in [0, 0.1) is 0 Å². The largest absolute Gasteiger partial charge is 0.397 e. The summed E-state index contributed by atoms with van der Waals surface area (Å²) in [6.07, 6.45) is 1.51. The number of nitrogen functional groups attached to an aromatic ring is 2. The van der Waals surface area contributed by atoms with Crippen LogP contribution in [0.4, 0.5) is 11.5 Å². The molecule has 0 fully saturated rings. The fraction of sp³-hybridized carbons (Fsp3) is 0.167. The maximum Gasteiger partial charge on any atom is 0.127 e. The van der Waals surface area contributed by atoms with Gasteiger partial charge in [-0.1, -0.05) is 0 Å². The number of hydrogen-bond donors (Lipinski definition) is 3. The van der Waals surface area contributed by atoms with Crippen molar-refractivity contribution in [3.05, 3.63) is 17.8 Å². The third-order valence-electron chi connectivity index (χ3n) is 1.24. The molecule has 6 N–H and O–H groups in total. The summed E-state index contributed by atoms with van der Waals surface area (Å²) in [6, 6.07) is 1.72. The van der Waals surface area contributed by atoms with Gasteiger partial charge in [0.25, 0.3) is 0 Å². The minimum absolute atomic E-state index is 0.379. The molecule has 0 spiro atoms. The Morgan fingerprint density at radius 2 is 2.10 bits per heavy atom. The lowest BCUT2D eigenvalue weighted by Gasteiger charge is -2.00. The van der Waals surface area contributed by atoms with Gasteiger partial charge in [-0.3, -0.25) is 0 Å². The number of aromatic nitrogens is 1. The van der Waals surface area contributed by atoms with Gasteiger partial charge in [-0.25, -0.2) is 4.98 Å². The van der Waals surface area contributed by atoms with Crippen LogP contribution in [0.3, 0.4) is 0 Å². The average molecular weight is 138 g/mol. The van der Waals surface area contributed by atoms with E-state index in [1.165, 1.54) is 6.20 Å². The first-order valence-electron chi connectivity index (χ1n) is 2.94. The summed E-state index contributed by atoms with van der Waals surface area (Å²) in [4.78, 5) is 3.82. The van der Waals surface area contributed by atoms with Crippen molar-refractivity contribution in [1.29, 1.82) is 0 Å². The van der Waals surface area contributed by atoms with Crippen molar-refractivity contribution in [1.82, 2.24) is 4.98 Å². The molecular weight excluding hydrogens is 128 g/mol. The van der Waals surface area contributed by atoms with Crippen LogP contribution in [-0.4, -0.2) is 4.98 Å². The fourth-order valence-corrected chi connectivity index (χ4v) is 0.703. The normalized spacial score (nSPS) is 9.70. The summed E-state index contributed by atoms with van der Waals surface area (Å²) >= 11 is 0. The lowest BCUT2D eigenvalue weighted by Crippen LogP contribution is -2.04. The molecule has 4 nitrogen and oxygen atoms in total. The monoisotopic (exact) mass is 138 g/mol. The summed E-state index contributed by atoms with van der Waals surface area (Å²) < 4.78 is 0. The second kappa shape index (κ2) is 2.53. The molecule has 1 heterocycles. The van der Waals surface area contributed by atoms with Crippen molar-refractivity contribution in [3.8, 4) is 0 Å². The summed E-state index contributed by atoms with van der Waals surface area (Å²) in [7, 11) is 0. The standard InChI is InChI=1S/C6H10N4/c7-2-4-1-5(8)3-10-6(4)9/h1,3H,2,7-8H2,(H2,9,10). The van der Waals surface area contributed by atoms with E-state index in [-0.39, 0.29) is 0 Å². The lowest BCUT2D eigenvalue weighted by molar-refractivity contribution is 1.06. The van der Waals surface area contributed by atoms with Crippen LogP contribution in [0.1, 0.15) is 5.56 Å². The number of nitrogens with zero attached hydrogens (tertiary/aromatic N) is 1. The lowest BCUT2D eigenvalue weighted by atomic mass is 10.2. The number of rotatable bonds is 1. The Morgan fingerprint density at radius 1 is 1.40 bits per heavy atom. The van der Waals surface area contributed by atoms with Gasteiger partial charge in [0.1, 0.15) is 5.82 Å². The Kier molecular flexibility index (Phi) is 1.73. The van der Waals surface area contributed by atoms with Crippen LogP contribution < -0.4 is 17.2 Å². The molecule has 0 aromatic carbocycles. The molecule has 0 saturated carbocycles. The predicted octanol–water partition coefficient (Wildman–Crippen LogP) is -0.295. The number of anilines is 2. The molecule has 0 unspecified atom stereocenters. The summed E-state index contributed by atoms with van der Waals surface area (Å²) in [5.41, 5.74) is 17.6. The predicted molar refractivity (Wildman–Crippen MR) is 41.0 cm³/mol. The van der Waals surface area contributed by atoms with Gasteiger partial charge in [-0.05, 0) is 6.07 Å². The topological polar surface area (TPSA) is 91.0 Å². The van der Waals surface area contributed by atoms with Crippen molar-refractivity contribution in [2.24, 2.45) is 5.73 Å². The van der Waals surface area contributed by atoms with Gasteiger partial charge < -0.3 is 17.2 Å². The first-order chi connectivity index (χ1) is 4.74. The molecule has 0 atom stereocenters. The fourth-order valence-electron chi connectivity index (χ4n) is 0.703. The van der Waals surface area contributed by atoms with Crippen molar-refractivity contribution in [3.63, 3.8) is 0 Å². The van der Waals surface area contributed by atoms with Crippen molar-refractivity contribution >= 4 is 11.5 Å². The second-order valence-electron chi connectivity index (χ2n) is 2.02. The molecule has 0 radical (unpaired) electrons. The van der Waals surface area contributed by atoms with E-state index in [1.807, 2.05) is 0 Å². The minimum atomic E-state index is 0.379. The maximum absolute atomic E-state index is 5.45. The Bertz CT molecular complexity index is 233. The van der Waals surface area contributed by atoms with Gasteiger partial charge in [0.2, 0.25) is 0 Å². The molecular formula is C6H10N4. The Morgan fingerprint density at radius 3 is 2.60 bits per heavy atom. The van der Waals surface area contributed by atoms with Crippen molar-refractivity contribution < 1.29 is 0 Å². The molecule has 0 amide bonds. The van der Waals surface area contributed by atoms with E-state index in [0.717, 1.165) is 5.56 Å². The Labute approximate surface area is 59.0 Å². The third kappa shape index (κ3) is 1.16. The van der Waals surface area contributed by atoms with Gasteiger partial charge in [-0.15, -0.1) is 0 Å². The first kappa shape index (κ1) is 6.82. The van der Waals surface area contributed by atoms with E-state index in [4.69, 9.17) is 17.2 Å². The molecule has 4 heteroatoms. The number of nitrogens with two attached hydrogens (primary N) is 3. The average Bonchev–Trinajstić information content (AvgIpc) is 1.94. The highest BCUT2D eigenvalue weighted by molar-refractivity contribution is 5.48. The van der Waals surface area contributed by atoms with Crippen LogP contribution >= 0.6 is 0 Å². The van der Waals surface area contributed by atoms with E-state index in [2.05, 4.69) is 4.98 Å². The number of hydrogen-bond acceptors (Lipinski definition) is 4. The highest BCUT2D eigenvalue weighted by atomic mass is 14.8. The zero-order chi connectivity index (χ0) is 7.56. The van der Waals surface area contributed by atoms with E-state index in [9.17, 15) is 0 Å². The smallest absolute Gasteiger partial charge is 0.127 e. The molecule has 0 saturated heterocycles. The highest BCUT2D eigenvalue weighted by Gasteiger charge is 1.96. The van der Waals surface area contributed by atoms with Gasteiger partial charge >= 0.3 is 0 Å².